The summed E-state index contributed by atoms with van der Waals surface area (Å²) >= 11 is 0. The van der Waals surface area contributed by atoms with E-state index < -0.39 is 18.2 Å². The minimum atomic E-state index is -2.87. The lowest BCUT2D eigenvalue weighted by Gasteiger charge is -2.40. The normalized spacial score (nSPS) is 22.2. The molecule has 0 bridgehead atoms. The van der Waals surface area contributed by atoms with Crippen LogP contribution in [0, 0.1) is 0 Å². The first kappa shape index (κ1) is 19.1. The van der Waals surface area contributed by atoms with Crippen LogP contribution in [0.5, 0.6) is 0 Å². The fourth-order valence-corrected chi connectivity index (χ4v) is 4.40. The van der Waals surface area contributed by atoms with Gasteiger partial charge in [-0.3, -0.25) is 4.90 Å². The molecule has 7 heteroatoms. The van der Waals surface area contributed by atoms with Crippen molar-refractivity contribution in [1.29, 1.82) is 0 Å². The Morgan fingerprint density at radius 2 is 1.76 bits per heavy atom. The first-order valence-electron chi connectivity index (χ1n) is 7.68. The third kappa shape index (κ3) is 5.63. The van der Waals surface area contributed by atoms with Gasteiger partial charge < -0.3 is 9.53 Å². The Labute approximate surface area is 130 Å². The second-order valence-electron chi connectivity index (χ2n) is 7.43. The van der Waals surface area contributed by atoms with E-state index in [1.165, 1.54) is 0 Å². The smallest absolute Gasteiger partial charge is 0.192 e. The fourth-order valence-electron chi connectivity index (χ4n) is 2.13. The molecule has 0 amide bonds. The molecule has 0 aromatic carbocycles. The zero-order valence-corrected chi connectivity index (χ0v) is 15.9. The third-order valence-electron chi connectivity index (χ3n) is 4.80. The van der Waals surface area contributed by atoms with Crippen LogP contribution in [0.4, 0.5) is 0 Å². The van der Waals surface area contributed by atoms with Gasteiger partial charge in [-0.05, 0) is 24.6 Å². The Balaban J connectivity index is 2.63. The third-order valence-corrected chi connectivity index (χ3v) is 10.9. The molecular weight excluding hydrogens is 306 g/mol. The van der Waals surface area contributed by atoms with Crippen LogP contribution < -0.4 is 0 Å². The van der Waals surface area contributed by atoms with Gasteiger partial charge in [0.15, 0.2) is 18.2 Å². The zero-order valence-electron chi connectivity index (χ0n) is 14.1. The van der Waals surface area contributed by atoms with E-state index in [-0.39, 0.29) is 29.2 Å². The molecule has 1 aliphatic heterocycles. The molecule has 21 heavy (non-hydrogen) atoms. The van der Waals surface area contributed by atoms with E-state index in [1.807, 2.05) is 0 Å². The molecule has 0 aliphatic carbocycles. The molecule has 0 spiro atoms. The standard InChI is InChI=1S/C14H31NO4SSi/c1-14(2,3)21(4,5)19-12-13(6-9-16)15-7-10-20(17,18)11-8-15/h13,16H,6-12H2,1-5H3. The number of nitrogens with zero attached hydrogens (tertiary/aromatic N) is 1. The fraction of sp³-hybridized carbons (Fsp3) is 1.00. The van der Waals surface area contributed by atoms with E-state index in [9.17, 15) is 13.5 Å². The van der Waals surface area contributed by atoms with Crippen LogP contribution in [-0.2, 0) is 14.3 Å². The molecule has 0 saturated carbocycles. The van der Waals surface area contributed by atoms with Crippen LogP contribution in [0.15, 0.2) is 0 Å². The van der Waals surface area contributed by atoms with Crippen molar-refractivity contribution in [2.75, 3.05) is 37.8 Å². The molecule has 1 heterocycles. The predicted molar refractivity (Wildman–Crippen MR) is 88.9 cm³/mol. The van der Waals surface area contributed by atoms with Crippen molar-refractivity contribution in [3.63, 3.8) is 0 Å². The zero-order chi connectivity index (χ0) is 16.3. The van der Waals surface area contributed by atoms with E-state index in [0.717, 1.165) is 0 Å². The van der Waals surface area contributed by atoms with Crippen molar-refractivity contribution in [2.45, 2.75) is 51.4 Å². The minimum Gasteiger partial charge on any atom is -0.415 e. The molecule has 1 saturated heterocycles. The summed E-state index contributed by atoms with van der Waals surface area (Å²) in [5.41, 5.74) is 0. The maximum absolute atomic E-state index is 11.5. The number of aliphatic hydroxyl groups is 1. The average molecular weight is 338 g/mol. The first-order valence-corrected chi connectivity index (χ1v) is 12.4. The SMILES string of the molecule is CC(C)(C)[Si](C)(C)OCC(CCO)N1CCS(=O)(=O)CC1. The molecule has 0 aromatic heterocycles. The molecule has 1 rings (SSSR count). The summed E-state index contributed by atoms with van der Waals surface area (Å²) < 4.78 is 29.3. The molecule has 0 aromatic rings. The maximum Gasteiger partial charge on any atom is 0.192 e. The topological polar surface area (TPSA) is 66.8 Å². The summed E-state index contributed by atoms with van der Waals surface area (Å²) in [6.45, 7) is 12.8. The van der Waals surface area contributed by atoms with Gasteiger partial charge in [0.05, 0.1) is 11.5 Å². The van der Waals surface area contributed by atoms with Crippen molar-refractivity contribution in [3.05, 3.63) is 0 Å². The lowest BCUT2D eigenvalue weighted by atomic mass is 10.2. The minimum absolute atomic E-state index is 0.106. The van der Waals surface area contributed by atoms with Crippen LogP contribution in [-0.4, -0.2) is 70.6 Å². The summed E-state index contributed by atoms with van der Waals surface area (Å²) in [5.74, 6) is 0.435. The highest BCUT2D eigenvalue weighted by molar-refractivity contribution is 7.91. The van der Waals surface area contributed by atoms with Gasteiger partial charge in [-0.2, -0.15) is 0 Å². The van der Waals surface area contributed by atoms with E-state index >= 15 is 0 Å². The van der Waals surface area contributed by atoms with Gasteiger partial charge in [0.2, 0.25) is 0 Å². The molecule has 1 fully saturated rings. The summed E-state index contributed by atoms with van der Waals surface area (Å²) in [6.07, 6.45) is 0.634. The molecule has 5 nitrogen and oxygen atoms in total. The van der Waals surface area contributed by atoms with Gasteiger partial charge in [0.1, 0.15) is 0 Å². The van der Waals surface area contributed by atoms with Crippen molar-refractivity contribution >= 4 is 18.2 Å². The number of hydrogen-bond acceptors (Lipinski definition) is 5. The second-order valence-corrected chi connectivity index (χ2v) is 14.5. The number of aliphatic hydroxyl groups excluding tert-OH is 1. The van der Waals surface area contributed by atoms with E-state index in [2.05, 4.69) is 38.8 Å². The van der Waals surface area contributed by atoms with Crippen LogP contribution in [0.25, 0.3) is 0 Å². The van der Waals surface area contributed by atoms with Crippen LogP contribution in [0.2, 0.25) is 18.1 Å². The quantitative estimate of drug-likeness (QED) is 0.744. The van der Waals surface area contributed by atoms with Crippen LogP contribution in [0.3, 0.4) is 0 Å². The Hall–Kier alpha value is 0.0469. The summed E-state index contributed by atoms with van der Waals surface area (Å²) in [6, 6.07) is 0.111. The highest BCUT2D eigenvalue weighted by atomic mass is 32.2. The van der Waals surface area contributed by atoms with Crippen LogP contribution in [0.1, 0.15) is 27.2 Å². The summed E-state index contributed by atoms with van der Waals surface area (Å²) in [5, 5.41) is 9.42. The summed E-state index contributed by atoms with van der Waals surface area (Å²) in [4.78, 5) is 2.16. The van der Waals surface area contributed by atoms with Gasteiger partial charge in [-0.15, -0.1) is 0 Å². The Bertz CT molecular complexity index is 417. The molecule has 1 unspecified atom stereocenters. The van der Waals surface area contributed by atoms with Gasteiger partial charge in [0, 0.05) is 32.3 Å². The predicted octanol–water partition coefficient (Wildman–Crippen LogP) is 1.49. The molecular formula is C14H31NO4SSi. The van der Waals surface area contributed by atoms with E-state index in [1.54, 1.807) is 0 Å². The number of hydrogen-bond donors (Lipinski definition) is 1. The monoisotopic (exact) mass is 337 g/mol. The highest BCUT2D eigenvalue weighted by Gasteiger charge is 2.38. The van der Waals surface area contributed by atoms with Gasteiger partial charge >= 0.3 is 0 Å². The van der Waals surface area contributed by atoms with E-state index in [4.69, 9.17) is 4.43 Å². The van der Waals surface area contributed by atoms with Gasteiger partial charge in [-0.25, -0.2) is 8.42 Å². The Kier molecular flexibility index (Phi) is 6.44. The molecule has 1 aliphatic rings. The number of rotatable bonds is 6. The Morgan fingerprint density at radius 3 is 2.19 bits per heavy atom. The highest BCUT2D eigenvalue weighted by Crippen LogP contribution is 2.36. The molecule has 126 valence electrons. The lowest BCUT2D eigenvalue weighted by molar-refractivity contribution is 0.110. The van der Waals surface area contributed by atoms with Gasteiger partial charge in [-0.1, -0.05) is 20.8 Å². The molecule has 1 N–H and O–H groups in total. The van der Waals surface area contributed by atoms with E-state index in [0.29, 0.717) is 26.1 Å². The second kappa shape index (κ2) is 7.08. The van der Waals surface area contributed by atoms with Crippen molar-refractivity contribution in [1.82, 2.24) is 4.90 Å². The average Bonchev–Trinajstić information content (AvgIpc) is 2.33. The van der Waals surface area contributed by atoms with Crippen molar-refractivity contribution in [2.24, 2.45) is 0 Å². The molecule has 0 radical (unpaired) electrons. The van der Waals surface area contributed by atoms with Crippen molar-refractivity contribution in [3.8, 4) is 0 Å². The van der Waals surface area contributed by atoms with Gasteiger partial charge in [0.25, 0.3) is 0 Å². The Morgan fingerprint density at radius 1 is 1.24 bits per heavy atom. The lowest BCUT2D eigenvalue weighted by Crippen LogP contribution is -2.50. The number of sulfone groups is 1. The summed E-state index contributed by atoms with van der Waals surface area (Å²) in [7, 11) is -4.68. The molecule has 1 atom stereocenters. The van der Waals surface area contributed by atoms with Crippen molar-refractivity contribution < 1.29 is 18.0 Å². The first-order chi connectivity index (χ1) is 9.48. The van der Waals surface area contributed by atoms with Crippen LogP contribution >= 0.6 is 0 Å². The largest absolute Gasteiger partial charge is 0.415 e. The maximum atomic E-state index is 11.5.